The van der Waals surface area contributed by atoms with Gasteiger partial charge in [0.15, 0.2) is 16.4 Å². The van der Waals surface area contributed by atoms with Crippen LogP contribution in [0.15, 0.2) is 70.5 Å². The van der Waals surface area contributed by atoms with Crippen molar-refractivity contribution in [2.24, 2.45) is 0 Å². The summed E-state index contributed by atoms with van der Waals surface area (Å²) in [6.07, 6.45) is 1.06. The predicted molar refractivity (Wildman–Crippen MR) is 128 cm³/mol. The van der Waals surface area contributed by atoms with E-state index in [1.165, 1.54) is 31.3 Å². The number of nitrogens with zero attached hydrogens (tertiary/aromatic N) is 1. The summed E-state index contributed by atoms with van der Waals surface area (Å²) in [6.45, 7) is -0.729. The van der Waals surface area contributed by atoms with Crippen molar-refractivity contribution in [1.29, 1.82) is 0 Å². The lowest BCUT2D eigenvalue weighted by Gasteiger charge is -2.19. The van der Waals surface area contributed by atoms with E-state index in [1.54, 1.807) is 18.2 Å². The number of halogens is 2. The van der Waals surface area contributed by atoms with Crippen molar-refractivity contribution in [2.75, 3.05) is 19.9 Å². The van der Waals surface area contributed by atoms with Crippen LogP contribution in [0, 0.1) is 5.82 Å². The largest absolute Gasteiger partial charge is 0.481 e. The number of benzene rings is 3. The third-order valence-corrected chi connectivity index (χ3v) is 8.17. The molecule has 8 nitrogen and oxygen atoms in total. The molecule has 0 bridgehead atoms. The highest BCUT2D eigenvalue weighted by atomic mass is 35.5. The summed E-state index contributed by atoms with van der Waals surface area (Å²) >= 11 is 5.73. The van der Waals surface area contributed by atoms with Gasteiger partial charge in [0.1, 0.15) is 11.6 Å². The van der Waals surface area contributed by atoms with Crippen molar-refractivity contribution >= 4 is 37.4 Å². The fraction of sp³-hybridized carbons (Fsp3) is 0.174. The number of carbonyl (C=O) groups is 1. The molecule has 0 spiro atoms. The van der Waals surface area contributed by atoms with Crippen LogP contribution in [0.3, 0.4) is 0 Å². The summed E-state index contributed by atoms with van der Waals surface area (Å²) < 4.78 is 69.8. The maximum absolute atomic E-state index is 13.5. The predicted octanol–water partition coefficient (Wildman–Crippen LogP) is 3.83. The van der Waals surface area contributed by atoms with Gasteiger partial charge in [-0.2, -0.15) is 4.31 Å². The van der Waals surface area contributed by atoms with Crippen molar-refractivity contribution in [1.82, 2.24) is 4.31 Å². The van der Waals surface area contributed by atoms with Crippen LogP contribution in [0.4, 0.5) is 4.39 Å². The van der Waals surface area contributed by atoms with Crippen LogP contribution in [-0.2, 0) is 31.2 Å². The number of aliphatic carboxylic acids is 1. The van der Waals surface area contributed by atoms with Crippen LogP contribution >= 0.6 is 11.6 Å². The molecule has 186 valence electrons. The van der Waals surface area contributed by atoms with Crippen LogP contribution in [0.5, 0.6) is 5.75 Å². The van der Waals surface area contributed by atoms with Gasteiger partial charge in [0.2, 0.25) is 10.0 Å². The monoisotopic (exact) mass is 541 g/mol. The first-order valence-electron chi connectivity index (χ1n) is 9.98. The van der Waals surface area contributed by atoms with Gasteiger partial charge < -0.3 is 9.84 Å². The average molecular weight is 542 g/mol. The van der Waals surface area contributed by atoms with E-state index in [0.29, 0.717) is 16.7 Å². The van der Waals surface area contributed by atoms with Crippen LogP contribution in [0.25, 0.3) is 11.1 Å². The van der Waals surface area contributed by atoms with Crippen molar-refractivity contribution in [2.45, 2.75) is 16.3 Å². The van der Waals surface area contributed by atoms with Gasteiger partial charge >= 0.3 is 5.97 Å². The molecule has 0 heterocycles. The molecule has 35 heavy (non-hydrogen) atoms. The first kappa shape index (κ1) is 26.6. The van der Waals surface area contributed by atoms with E-state index in [2.05, 4.69) is 0 Å². The summed E-state index contributed by atoms with van der Waals surface area (Å²) in [6, 6.07) is 13.7. The molecule has 0 fully saturated rings. The van der Waals surface area contributed by atoms with Crippen LogP contribution in [0.1, 0.15) is 5.56 Å². The molecule has 3 rings (SSSR count). The lowest BCUT2D eigenvalue weighted by atomic mass is 10.0. The van der Waals surface area contributed by atoms with Gasteiger partial charge in [-0.25, -0.2) is 26.0 Å². The Labute approximate surface area is 207 Å². The molecule has 0 saturated carbocycles. The molecular formula is C23H21ClFNO7S2. The minimum atomic E-state index is -4.02. The van der Waals surface area contributed by atoms with E-state index in [0.717, 1.165) is 28.8 Å². The topological polar surface area (TPSA) is 118 Å². The third kappa shape index (κ3) is 6.37. The van der Waals surface area contributed by atoms with Gasteiger partial charge in [0.05, 0.1) is 14.8 Å². The highest BCUT2D eigenvalue weighted by Crippen LogP contribution is 2.33. The molecule has 0 aliphatic heterocycles. The third-order valence-electron chi connectivity index (χ3n) is 4.97. The molecule has 0 saturated heterocycles. The fourth-order valence-corrected chi connectivity index (χ4v) is 5.32. The molecule has 0 aliphatic carbocycles. The number of hydrogen-bond donors (Lipinski definition) is 1. The zero-order valence-electron chi connectivity index (χ0n) is 18.6. The smallest absolute Gasteiger partial charge is 0.341 e. The number of hydrogen-bond acceptors (Lipinski definition) is 6. The molecule has 0 amide bonds. The van der Waals surface area contributed by atoms with Crippen molar-refractivity contribution in [3.05, 3.63) is 77.1 Å². The summed E-state index contributed by atoms with van der Waals surface area (Å²) in [4.78, 5) is 10.9. The maximum Gasteiger partial charge on any atom is 0.341 e. The number of sulfone groups is 1. The minimum absolute atomic E-state index is 0.0532. The highest BCUT2D eigenvalue weighted by molar-refractivity contribution is 7.90. The van der Waals surface area contributed by atoms with E-state index in [4.69, 9.17) is 21.4 Å². The minimum Gasteiger partial charge on any atom is -0.481 e. The Morgan fingerprint density at radius 1 is 1.03 bits per heavy atom. The van der Waals surface area contributed by atoms with Crippen LogP contribution in [0.2, 0.25) is 5.02 Å². The second-order valence-electron chi connectivity index (χ2n) is 7.65. The van der Waals surface area contributed by atoms with E-state index in [1.807, 2.05) is 0 Å². The van der Waals surface area contributed by atoms with E-state index < -0.39 is 38.3 Å². The molecule has 12 heteroatoms. The molecule has 0 unspecified atom stereocenters. The van der Waals surface area contributed by atoms with Gasteiger partial charge in [-0.15, -0.1) is 0 Å². The molecule has 3 aromatic rings. The Balaban J connectivity index is 2.01. The summed E-state index contributed by atoms with van der Waals surface area (Å²) in [7, 11) is -6.20. The summed E-state index contributed by atoms with van der Waals surface area (Å²) in [5.74, 6) is -1.77. The van der Waals surface area contributed by atoms with Crippen molar-refractivity contribution in [3.63, 3.8) is 0 Å². The Kier molecular flexibility index (Phi) is 7.85. The van der Waals surface area contributed by atoms with E-state index >= 15 is 0 Å². The highest BCUT2D eigenvalue weighted by Gasteiger charge is 2.23. The Morgan fingerprint density at radius 3 is 2.37 bits per heavy atom. The molecule has 0 aliphatic rings. The lowest BCUT2D eigenvalue weighted by molar-refractivity contribution is -0.139. The second-order valence-corrected chi connectivity index (χ2v) is 12.1. The molecule has 0 radical (unpaired) electrons. The van der Waals surface area contributed by atoms with Gasteiger partial charge in [-0.1, -0.05) is 29.8 Å². The summed E-state index contributed by atoms with van der Waals surface area (Å²) in [5, 5.41) is 8.66. The Bertz CT molecular complexity index is 1490. The Morgan fingerprint density at radius 2 is 1.74 bits per heavy atom. The lowest BCUT2D eigenvalue weighted by Crippen LogP contribution is -2.26. The zero-order valence-corrected chi connectivity index (χ0v) is 21.0. The normalized spacial score (nSPS) is 12.0. The first-order chi connectivity index (χ1) is 16.3. The standard InChI is InChI=1S/C23H21ClFNO7S2/c1-26(35(31,32)18-7-8-21(25)20(24)12-18)13-15-6-9-22(33-14-23(27)28)19(10-15)16-4-3-5-17(11-16)34(2,29)30/h3-12H,13-14H2,1-2H3,(H,27,28). The summed E-state index contributed by atoms with van der Waals surface area (Å²) in [5.41, 5.74) is 1.32. The average Bonchev–Trinajstić information content (AvgIpc) is 2.79. The second kappa shape index (κ2) is 10.3. The maximum atomic E-state index is 13.5. The SMILES string of the molecule is CN(Cc1ccc(OCC(=O)O)c(-c2cccc(S(C)(=O)=O)c2)c1)S(=O)(=O)c1ccc(F)c(Cl)c1. The molecule has 0 aromatic heterocycles. The number of ether oxygens (including phenoxy) is 1. The van der Waals surface area contributed by atoms with Gasteiger partial charge in [0, 0.05) is 25.4 Å². The van der Waals surface area contributed by atoms with Crippen LogP contribution < -0.4 is 4.74 Å². The molecule has 0 atom stereocenters. The molecule has 1 N–H and O–H groups in total. The number of rotatable bonds is 9. The quantitative estimate of drug-likeness (QED) is 0.437. The van der Waals surface area contributed by atoms with Crippen LogP contribution in [-0.4, -0.2) is 52.1 Å². The first-order valence-corrected chi connectivity index (χ1v) is 13.7. The fourth-order valence-electron chi connectivity index (χ4n) is 3.22. The van der Waals surface area contributed by atoms with Crippen molar-refractivity contribution < 1.29 is 35.9 Å². The molecule has 3 aromatic carbocycles. The number of carboxylic acid groups (broad SMARTS) is 1. The number of sulfonamides is 1. The molecular weight excluding hydrogens is 521 g/mol. The Hall–Kier alpha value is -2.99. The van der Waals surface area contributed by atoms with Crippen molar-refractivity contribution in [3.8, 4) is 16.9 Å². The zero-order chi connectivity index (χ0) is 26.0. The van der Waals surface area contributed by atoms with Gasteiger partial charge in [-0.05, 0) is 53.6 Å². The van der Waals surface area contributed by atoms with Gasteiger partial charge in [-0.3, -0.25) is 0 Å². The number of carboxylic acids is 1. The van der Waals surface area contributed by atoms with E-state index in [9.17, 15) is 26.0 Å². The van der Waals surface area contributed by atoms with E-state index in [-0.39, 0.29) is 27.1 Å². The van der Waals surface area contributed by atoms with Gasteiger partial charge in [0.25, 0.3) is 0 Å².